The van der Waals surface area contributed by atoms with Gasteiger partial charge in [-0.2, -0.15) is 0 Å². The van der Waals surface area contributed by atoms with Crippen molar-refractivity contribution in [3.8, 4) is 0 Å². The quantitative estimate of drug-likeness (QED) is 0.708. The lowest BCUT2D eigenvalue weighted by atomic mass is 9.84. The summed E-state index contributed by atoms with van der Waals surface area (Å²) in [5, 5.41) is 1.95. The van der Waals surface area contributed by atoms with E-state index in [1.54, 1.807) is 0 Å². The lowest BCUT2D eigenvalue weighted by Gasteiger charge is -2.40. The molecule has 0 saturated carbocycles. The summed E-state index contributed by atoms with van der Waals surface area (Å²) >= 11 is 1.49. The smallest absolute Gasteiger partial charge is 0.263 e. The lowest BCUT2D eigenvalue weighted by molar-refractivity contribution is -0.137. The van der Waals surface area contributed by atoms with Gasteiger partial charge in [-0.05, 0) is 48.6 Å². The molecule has 0 spiro atoms. The van der Waals surface area contributed by atoms with Crippen LogP contribution in [-0.2, 0) is 16.0 Å². The Kier molecular flexibility index (Phi) is 6.85. The van der Waals surface area contributed by atoms with E-state index >= 15 is 0 Å². The van der Waals surface area contributed by atoms with Crippen molar-refractivity contribution in [1.82, 2.24) is 9.80 Å². The van der Waals surface area contributed by atoms with Crippen LogP contribution < -0.4 is 0 Å². The minimum atomic E-state index is 0.0322. The van der Waals surface area contributed by atoms with Crippen LogP contribution in [0.3, 0.4) is 0 Å². The minimum Gasteiger partial charge on any atom is -0.381 e. The standard InChI is InChI=1S/C24H30N2O3S/c1-25(24(28)22-8-5-15-30-22)21(16-18-6-3-2-4-7-18)19-9-12-26(13-10-19)23(27)20-11-14-29-17-20/h2-8,15,19-21H,9-14,16-17H2,1H3/t20-,21+/m0/s1. The normalized spacial score (nSPS) is 20.8. The topological polar surface area (TPSA) is 49.9 Å². The fourth-order valence-corrected chi connectivity index (χ4v) is 5.40. The number of hydrogen-bond acceptors (Lipinski definition) is 4. The number of piperidine rings is 1. The van der Waals surface area contributed by atoms with E-state index in [0.29, 0.717) is 19.1 Å². The minimum absolute atomic E-state index is 0.0322. The monoisotopic (exact) mass is 426 g/mol. The molecule has 160 valence electrons. The number of ether oxygens (including phenoxy) is 1. The van der Waals surface area contributed by atoms with Crippen molar-refractivity contribution in [3.05, 3.63) is 58.3 Å². The van der Waals surface area contributed by atoms with E-state index in [4.69, 9.17) is 4.74 Å². The Morgan fingerprint density at radius 1 is 1.13 bits per heavy atom. The Morgan fingerprint density at radius 3 is 2.53 bits per heavy atom. The molecule has 2 atom stereocenters. The van der Waals surface area contributed by atoms with Crippen LogP contribution in [0.5, 0.6) is 0 Å². The predicted molar refractivity (Wildman–Crippen MR) is 119 cm³/mol. The highest BCUT2D eigenvalue weighted by Gasteiger charge is 2.35. The Morgan fingerprint density at radius 2 is 1.90 bits per heavy atom. The first-order valence-electron chi connectivity index (χ1n) is 10.8. The molecule has 6 heteroatoms. The van der Waals surface area contributed by atoms with Gasteiger partial charge >= 0.3 is 0 Å². The Balaban J connectivity index is 1.45. The van der Waals surface area contributed by atoms with Crippen LogP contribution in [0.4, 0.5) is 0 Å². The third-order valence-corrected chi connectivity index (χ3v) is 7.37. The average molecular weight is 427 g/mol. The summed E-state index contributed by atoms with van der Waals surface area (Å²) < 4.78 is 5.40. The van der Waals surface area contributed by atoms with Gasteiger partial charge in [0.25, 0.3) is 5.91 Å². The second-order valence-corrected chi connectivity index (χ2v) is 9.32. The highest BCUT2D eigenvalue weighted by atomic mass is 32.1. The number of likely N-dealkylation sites (tertiary alicyclic amines) is 1. The zero-order valence-electron chi connectivity index (χ0n) is 17.5. The van der Waals surface area contributed by atoms with Crippen LogP contribution in [0.2, 0.25) is 0 Å². The first kappa shape index (κ1) is 21.1. The summed E-state index contributed by atoms with van der Waals surface area (Å²) in [7, 11) is 1.93. The van der Waals surface area contributed by atoms with E-state index in [1.165, 1.54) is 16.9 Å². The molecule has 2 saturated heterocycles. The summed E-state index contributed by atoms with van der Waals surface area (Å²) in [6.45, 7) is 2.80. The number of carbonyl (C=O) groups excluding carboxylic acids is 2. The molecule has 2 amide bonds. The van der Waals surface area contributed by atoms with E-state index in [0.717, 1.165) is 43.6 Å². The highest BCUT2D eigenvalue weighted by Crippen LogP contribution is 2.29. The number of carbonyl (C=O) groups is 2. The maximum Gasteiger partial charge on any atom is 0.263 e. The predicted octanol–water partition coefficient (Wildman–Crippen LogP) is 3.71. The van der Waals surface area contributed by atoms with E-state index in [-0.39, 0.29) is 23.8 Å². The fourth-order valence-electron chi connectivity index (χ4n) is 4.69. The van der Waals surface area contributed by atoms with Crippen LogP contribution in [0, 0.1) is 11.8 Å². The second kappa shape index (κ2) is 9.75. The summed E-state index contributed by atoms with van der Waals surface area (Å²) in [4.78, 5) is 30.6. The van der Waals surface area contributed by atoms with Crippen LogP contribution in [0.15, 0.2) is 47.8 Å². The molecule has 0 bridgehead atoms. The van der Waals surface area contributed by atoms with Gasteiger partial charge in [-0.25, -0.2) is 0 Å². The van der Waals surface area contributed by atoms with Gasteiger partial charge in [0.05, 0.1) is 17.4 Å². The first-order valence-corrected chi connectivity index (χ1v) is 11.7. The van der Waals surface area contributed by atoms with E-state index in [2.05, 4.69) is 24.3 Å². The van der Waals surface area contributed by atoms with E-state index < -0.39 is 0 Å². The largest absolute Gasteiger partial charge is 0.381 e. The molecular weight excluding hydrogens is 396 g/mol. The molecule has 1 aromatic carbocycles. The molecule has 3 heterocycles. The van der Waals surface area contributed by atoms with Crippen molar-refractivity contribution in [2.75, 3.05) is 33.4 Å². The SMILES string of the molecule is CN(C(=O)c1cccs1)[C@H](Cc1ccccc1)C1CCN(C(=O)[C@H]2CCOC2)CC1. The van der Waals surface area contributed by atoms with Gasteiger partial charge < -0.3 is 14.5 Å². The zero-order chi connectivity index (χ0) is 20.9. The molecule has 30 heavy (non-hydrogen) atoms. The summed E-state index contributed by atoms with van der Waals surface area (Å²) in [6.07, 6.45) is 3.54. The highest BCUT2D eigenvalue weighted by molar-refractivity contribution is 7.12. The number of thiophene rings is 1. The van der Waals surface area contributed by atoms with Crippen LogP contribution in [0.1, 0.15) is 34.5 Å². The Labute approximate surface area is 182 Å². The number of amides is 2. The summed E-state index contributed by atoms with van der Waals surface area (Å²) in [5.41, 5.74) is 1.25. The number of nitrogens with zero attached hydrogens (tertiary/aromatic N) is 2. The molecule has 2 aliphatic heterocycles. The van der Waals surface area contributed by atoms with E-state index in [1.807, 2.05) is 40.4 Å². The van der Waals surface area contributed by atoms with Gasteiger partial charge in [0.15, 0.2) is 0 Å². The summed E-state index contributed by atoms with van der Waals surface area (Å²) in [6, 6.07) is 14.3. The third-order valence-electron chi connectivity index (χ3n) is 6.51. The third kappa shape index (κ3) is 4.76. The van der Waals surface area contributed by atoms with Crippen molar-refractivity contribution >= 4 is 23.2 Å². The first-order chi connectivity index (χ1) is 14.6. The van der Waals surface area contributed by atoms with Crippen LogP contribution in [0.25, 0.3) is 0 Å². The van der Waals surface area contributed by atoms with Crippen LogP contribution in [-0.4, -0.2) is 61.0 Å². The fraction of sp³-hybridized carbons (Fsp3) is 0.500. The van der Waals surface area contributed by atoms with Gasteiger partial charge in [0.1, 0.15) is 0 Å². The lowest BCUT2D eigenvalue weighted by Crippen LogP contribution is -2.49. The number of likely N-dealkylation sites (N-methyl/N-ethyl adjacent to an activating group) is 1. The number of hydrogen-bond donors (Lipinski definition) is 0. The van der Waals surface area contributed by atoms with Crippen molar-refractivity contribution in [2.45, 2.75) is 31.7 Å². The molecule has 0 N–H and O–H groups in total. The zero-order valence-corrected chi connectivity index (χ0v) is 18.4. The average Bonchev–Trinajstić information content (AvgIpc) is 3.51. The van der Waals surface area contributed by atoms with Crippen LogP contribution >= 0.6 is 11.3 Å². The molecule has 0 aliphatic carbocycles. The molecule has 1 aromatic heterocycles. The van der Waals surface area contributed by atoms with Gasteiger partial charge in [0, 0.05) is 32.8 Å². The number of benzene rings is 1. The molecule has 5 nitrogen and oxygen atoms in total. The van der Waals surface area contributed by atoms with E-state index in [9.17, 15) is 9.59 Å². The van der Waals surface area contributed by atoms with Gasteiger partial charge in [-0.15, -0.1) is 11.3 Å². The maximum atomic E-state index is 13.1. The van der Waals surface area contributed by atoms with Crippen molar-refractivity contribution in [1.29, 1.82) is 0 Å². The molecule has 2 aromatic rings. The van der Waals surface area contributed by atoms with Gasteiger partial charge in [0.2, 0.25) is 5.91 Å². The molecule has 0 radical (unpaired) electrons. The molecule has 2 fully saturated rings. The number of rotatable bonds is 6. The molecule has 4 rings (SSSR count). The molecule has 2 aliphatic rings. The second-order valence-electron chi connectivity index (χ2n) is 8.37. The maximum absolute atomic E-state index is 13.1. The van der Waals surface area contributed by atoms with Gasteiger partial charge in [-0.3, -0.25) is 9.59 Å². The van der Waals surface area contributed by atoms with Gasteiger partial charge in [-0.1, -0.05) is 36.4 Å². The Hall–Kier alpha value is -2.18. The van der Waals surface area contributed by atoms with Crippen molar-refractivity contribution in [3.63, 3.8) is 0 Å². The molecular formula is C24H30N2O3S. The van der Waals surface area contributed by atoms with Crippen molar-refractivity contribution in [2.24, 2.45) is 11.8 Å². The summed E-state index contributed by atoms with van der Waals surface area (Å²) in [5.74, 6) is 0.744. The Bertz CT molecular complexity index is 825. The van der Waals surface area contributed by atoms with Crippen molar-refractivity contribution < 1.29 is 14.3 Å². The molecule has 0 unspecified atom stereocenters.